The molecule has 2 N–H and O–H groups in total. The number of ether oxygens (including phenoxy) is 2. The second kappa shape index (κ2) is 7.83. The number of carbonyl (C=O) groups is 2. The standard InChI is InChI=1S/C17H17BrN2O4/c1-10-14(23-2)8-12(9-15(10)24-3)17(22)20-19-16(21)11-4-6-13(18)7-5-11/h4-9H,1-3H3,(H,19,21)(H,20,22). The molecule has 0 aromatic heterocycles. The Hall–Kier alpha value is -2.54. The van der Waals surface area contributed by atoms with Crippen molar-refractivity contribution in [2.45, 2.75) is 6.92 Å². The smallest absolute Gasteiger partial charge is 0.269 e. The highest BCUT2D eigenvalue weighted by molar-refractivity contribution is 9.10. The van der Waals surface area contributed by atoms with Crippen LogP contribution in [0.5, 0.6) is 11.5 Å². The minimum Gasteiger partial charge on any atom is -0.496 e. The summed E-state index contributed by atoms with van der Waals surface area (Å²) >= 11 is 3.30. The first kappa shape index (κ1) is 17.8. The molecule has 0 aliphatic rings. The van der Waals surface area contributed by atoms with E-state index in [0.717, 1.165) is 10.0 Å². The van der Waals surface area contributed by atoms with Crippen molar-refractivity contribution >= 4 is 27.7 Å². The van der Waals surface area contributed by atoms with Gasteiger partial charge in [0.1, 0.15) is 11.5 Å². The van der Waals surface area contributed by atoms with Gasteiger partial charge in [0.05, 0.1) is 14.2 Å². The predicted molar refractivity (Wildman–Crippen MR) is 93.4 cm³/mol. The SMILES string of the molecule is COc1cc(C(=O)NNC(=O)c2ccc(Br)cc2)cc(OC)c1C. The van der Waals surface area contributed by atoms with Gasteiger partial charge in [0.25, 0.3) is 11.8 Å². The average Bonchev–Trinajstić information content (AvgIpc) is 2.60. The number of carbonyl (C=O) groups excluding carboxylic acids is 2. The van der Waals surface area contributed by atoms with Crippen molar-refractivity contribution in [2.75, 3.05) is 14.2 Å². The van der Waals surface area contributed by atoms with E-state index in [4.69, 9.17) is 9.47 Å². The van der Waals surface area contributed by atoms with E-state index >= 15 is 0 Å². The second-order valence-corrected chi connectivity index (χ2v) is 5.84. The molecule has 2 rings (SSSR count). The van der Waals surface area contributed by atoms with E-state index in [9.17, 15) is 9.59 Å². The van der Waals surface area contributed by atoms with Crippen LogP contribution in [0.4, 0.5) is 0 Å². The van der Waals surface area contributed by atoms with Crippen LogP contribution in [0.3, 0.4) is 0 Å². The predicted octanol–water partition coefficient (Wildman–Crippen LogP) is 2.85. The fourth-order valence-electron chi connectivity index (χ4n) is 2.08. The molecule has 0 bridgehead atoms. The minimum absolute atomic E-state index is 0.311. The van der Waals surface area contributed by atoms with Crippen molar-refractivity contribution in [2.24, 2.45) is 0 Å². The van der Waals surface area contributed by atoms with Gasteiger partial charge in [-0.3, -0.25) is 20.4 Å². The fourth-order valence-corrected chi connectivity index (χ4v) is 2.34. The molecule has 0 spiro atoms. The number of rotatable bonds is 4. The lowest BCUT2D eigenvalue weighted by molar-refractivity contribution is 0.0846. The summed E-state index contributed by atoms with van der Waals surface area (Å²) in [5.74, 6) is 0.163. The van der Waals surface area contributed by atoms with Crippen molar-refractivity contribution in [3.8, 4) is 11.5 Å². The Morgan fingerprint density at radius 2 is 1.33 bits per heavy atom. The number of hydrogen-bond donors (Lipinski definition) is 2. The van der Waals surface area contributed by atoms with Crippen molar-refractivity contribution < 1.29 is 19.1 Å². The largest absolute Gasteiger partial charge is 0.496 e. The summed E-state index contributed by atoms with van der Waals surface area (Å²) in [6.07, 6.45) is 0. The third-order valence-electron chi connectivity index (χ3n) is 3.41. The van der Waals surface area contributed by atoms with Crippen molar-refractivity contribution in [3.05, 3.63) is 57.6 Å². The molecule has 0 saturated carbocycles. The molecule has 0 saturated heterocycles. The zero-order valence-electron chi connectivity index (χ0n) is 13.5. The van der Waals surface area contributed by atoms with Crippen molar-refractivity contribution in [1.29, 1.82) is 0 Å². The van der Waals surface area contributed by atoms with Crippen LogP contribution >= 0.6 is 15.9 Å². The highest BCUT2D eigenvalue weighted by Gasteiger charge is 2.14. The Morgan fingerprint density at radius 1 is 0.875 bits per heavy atom. The summed E-state index contributed by atoms with van der Waals surface area (Å²) in [5.41, 5.74) is 6.27. The van der Waals surface area contributed by atoms with Gasteiger partial charge in [0, 0.05) is 21.2 Å². The Labute approximate surface area is 148 Å². The Balaban J connectivity index is 2.09. The van der Waals surface area contributed by atoms with Gasteiger partial charge in [-0.2, -0.15) is 0 Å². The Kier molecular flexibility index (Phi) is 5.81. The summed E-state index contributed by atoms with van der Waals surface area (Å²) in [5, 5.41) is 0. The molecule has 24 heavy (non-hydrogen) atoms. The van der Waals surface area contributed by atoms with Gasteiger partial charge in [0.2, 0.25) is 0 Å². The molecule has 0 radical (unpaired) electrons. The molecule has 6 nitrogen and oxygen atoms in total. The van der Waals surface area contributed by atoms with E-state index in [0.29, 0.717) is 22.6 Å². The molecule has 7 heteroatoms. The van der Waals surface area contributed by atoms with Crippen LogP contribution in [0.15, 0.2) is 40.9 Å². The number of amides is 2. The Bertz CT molecular complexity index is 735. The first-order valence-corrected chi connectivity index (χ1v) is 7.84. The zero-order chi connectivity index (χ0) is 17.7. The zero-order valence-corrected chi connectivity index (χ0v) is 15.1. The van der Waals surface area contributed by atoms with Gasteiger partial charge in [-0.1, -0.05) is 15.9 Å². The molecular formula is C17H17BrN2O4. The van der Waals surface area contributed by atoms with E-state index in [-0.39, 0.29) is 0 Å². The first-order valence-electron chi connectivity index (χ1n) is 7.05. The van der Waals surface area contributed by atoms with E-state index < -0.39 is 11.8 Å². The second-order valence-electron chi connectivity index (χ2n) is 4.92. The van der Waals surface area contributed by atoms with E-state index in [1.54, 1.807) is 36.4 Å². The highest BCUT2D eigenvalue weighted by Crippen LogP contribution is 2.29. The number of halogens is 1. The molecule has 0 atom stereocenters. The summed E-state index contributed by atoms with van der Waals surface area (Å²) in [6, 6.07) is 9.93. The lowest BCUT2D eigenvalue weighted by Crippen LogP contribution is -2.41. The molecule has 0 unspecified atom stereocenters. The normalized spacial score (nSPS) is 10.0. The molecule has 0 aliphatic carbocycles. The highest BCUT2D eigenvalue weighted by atomic mass is 79.9. The first-order chi connectivity index (χ1) is 11.5. The molecule has 2 aromatic rings. The third kappa shape index (κ3) is 4.05. The van der Waals surface area contributed by atoms with Crippen molar-refractivity contribution in [3.63, 3.8) is 0 Å². The molecule has 2 aromatic carbocycles. The van der Waals surface area contributed by atoms with Crippen LogP contribution < -0.4 is 20.3 Å². The molecular weight excluding hydrogens is 376 g/mol. The fraction of sp³-hybridized carbons (Fsp3) is 0.176. The molecule has 2 amide bonds. The van der Waals surface area contributed by atoms with Gasteiger partial charge in [-0.05, 0) is 43.3 Å². The van der Waals surface area contributed by atoms with Crippen molar-refractivity contribution in [1.82, 2.24) is 10.9 Å². The third-order valence-corrected chi connectivity index (χ3v) is 3.94. The average molecular weight is 393 g/mol. The van der Waals surface area contributed by atoms with Crippen LogP contribution in [0.2, 0.25) is 0 Å². The van der Waals surface area contributed by atoms with Gasteiger partial charge in [-0.15, -0.1) is 0 Å². The summed E-state index contributed by atoms with van der Waals surface area (Å²) in [7, 11) is 3.03. The molecule has 126 valence electrons. The van der Waals surface area contributed by atoms with Crippen LogP contribution in [0, 0.1) is 6.92 Å². The maximum Gasteiger partial charge on any atom is 0.269 e. The van der Waals surface area contributed by atoms with Crippen LogP contribution in [-0.2, 0) is 0 Å². The maximum atomic E-state index is 12.2. The quantitative estimate of drug-likeness (QED) is 0.784. The number of benzene rings is 2. The topological polar surface area (TPSA) is 76.7 Å². The van der Waals surface area contributed by atoms with Gasteiger partial charge in [0.15, 0.2) is 0 Å². The summed E-state index contributed by atoms with van der Waals surface area (Å²) in [6.45, 7) is 1.83. The van der Waals surface area contributed by atoms with Crippen LogP contribution in [0.1, 0.15) is 26.3 Å². The van der Waals surface area contributed by atoms with E-state index in [1.165, 1.54) is 14.2 Å². The van der Waals surface area contributed by atoms with Gasteiger partial charge >= 0.3 is 0 Å². The monoisotopic (exact) mass is 392 g/mol. The summed E-state index contributed by atoms with van der Waals surface area (Å²) in [4.78, 5) is 24.2. The lowest BCUT2D eigenvalue weighted by Gasteiger charge is -2.13. The molecule has 0 fully saturated rings. The van der Waals surface area contributed by atoms with Crippen LogP contribution in [0.25, 0.3) is 0 Å². The van der Waals surface area contributed by atoms with Crippen LogP contribution in [-0.4, -0.2) is 26.0 Å². The molecule has 0 aliphatic heterocycles. The lowest BCUT2D eigenvalue weighted by atomic mass is 10.1. The van der Waals surface area contributed by atoms with Gasteiger partial charge in [-0.25, -0.2) is 0 Å². The summed E-state index contributed by atoms with van der Waals surface area (Å²) < 4.78 is 11.3. The minimum atomic E-state index is -0.475. The number of hydrazine groups is 1. The number of nitrogens with one attached hydrogen (secondary N) is 2. The Morgan fingerprint density at radius 3 is 1.79 bits per heavy atom. The number of hydrogen-bond acceptors (Lipinski definition) is 4. The van der Waals surface area contributed by atoms with E-state index in [2.05, 4.69) is 26.8 Å². The van der Waals surface area contributed by atoms with E-state index in [1.807, 2.05) is 6.92 Å². The number of methoxy groups -OCH3 is 2. The van der Waals surface area contributed by atoms with Gasteiger partial charge < -0.3 is 9.47 Å². The maximum absolute atomic E-state index is 12.2. The molecule has 0 heterocycles.